The number of carboxylic acids is 2. The Morgan fingerprint density at radius 2 is 1.77 bits per heavy atom. The van der Waals surface area contributed by atoms with Gasteiger partial charge in [-0.2, -0.15) is 0 Å². The molecule has 5 N–H and O–H groups in total. The molecule has 1 saturated heterocycles. The molecule has 5 atom stereocenters. The van der Waals surface area contributed by atoms with Crippen molar-refractivity contribution < 1.29 is 39.9 Å². The Hall–Kier alpha value is -3.47. The number of nitrogens with one attached hydrogen (secondary N) is 2. The van der Waals surface area contributed by atoms with Gasteiger partial charge in [-0.3, -0.25) is 14.4 Å². The number of hydrogen-bond donors (Lipinski definition) is 3. The minimum Gasteiger partial charge on any atom is -0.550 e. The average Bonchev–Trinajstić information content (AvgIpc) is 3.31. The van der Waals surface area contributed by atoms with Crippen molar-refractivity contribution in [3.63, 3.8) is 0 Å². The highest BCUT2D eigenvalue weighted by atomic mass is 16.4. The Bertz CT molecular complexity index is 924. The van der Waals surface area contributed by atoms with E-state index in [2.05, 4.69) is 16.4 Å². The second kappa shape index (κ2) is 12.8. The first-order valence-electron chi connectivity index (χ1n) is 11.7. The van der Waals surface area contributed by atoms with Gasteiger partial charge in [0.15, 0.2) is 6.04 Å². The normalized spacial score (nSPS) is 18.7. The summed E-state index contributed by atoms with van der Waals surface area (Å²) >= 11 is 0. The van der Waals surface area contributed by atoms with Gasteiger partial charge in [-0.05, 0) is 30.7 Å². The molecule has 0 spiro atoms. The summed E-state index contributed by atoms with van der Waals surface area (Å²) in [5.74, 6) is -4.97. The maximum Gasteiger partial charge on any atom is 0.279 e. The van der Waals surface area contributed by atoms with Crippen LogP contribution < -0.4 is 26.6 Å². The van der Waals surface area contributed by atoms with E-state index in [1.807, 2.05) is 6.92 Å². The highest BCUT2D eigenvalue weighted by molar-refractivity contribution is 5.94. The molecule has 1 heterocycles. The Labute approximate surface area is 204 Å². The smallest absolute Gasteiger partial charge is 0.279 e. The molecule has 0 aliphatic carbocycles. The second-order valence-electron chi connectivity index (χ2n) is 8.90. The van der Waals surface area contributed by atoms with Crippen molar-refractivity contribution >= 4 is 29.7 Å². The number of benzene rings is 1. The standard InChI is InChI=1S/C24H34N4O7/c1-3-14(2)20(27-21(31)16(25)13-19(29)30)23(33)28-11-7-10-18(28)22(32)26-17(24(34)35)12-15-8-5-4-6-9-15/h4-6,8-9,14,16-18,20H,3,7,10-13,25H2,1-2H3,(H,26,32)(H,27,31)(H,29,30)(H,34,35)/p-1/t14-,16-,17-,18-,20-/m0/s1. The zero-order valence-corrected chi connectivity index (χ0v) is 20.0. The van der Waals surface area contributed by atoms with Crippen LogP contribution in [-0.2, 0) is 30.4 Å². The Balaban J connectivity index is 2.14. The van der Waals surface area contributed by atoms with Crippen molar-refractivity contribution in [3.8, 4) is 0 Å². The maximum absolute atomic E-state index is 13.4. The fourth-order valence-electron chi connectivity index (χ4n) is 4.04. The molecule has 11 nitrogen and oxygen atoms in total. The molecule has 0 unspecified atom stereocenters. The summed E-state index contributed by atoms with van der Waals surface area (Å²) in [5, 5.41) is 27.5. The quantitative estimate of drug-likeness (QED) is 0.275. The number of carboxylic acid groups (broad SMARTS) is 2. The van der Waals surface area contributed by atoms with Gasteiger partial charge in [-0.25, -0.2) is 0 Å². The number of amides is 3. The van der Waals surface area contributed by atoms with E-state index in [9.17, 15) is 34.2 Å². The van der Waals surface area contributed by atoms with E-state index in [0.717, 1.165) is 0 Å². The molecule has 3 amide bonds. The first-order chi connectivity index (χ1) is 16.5. The van der Waals surface area contributed by atoms with Gasteiger partial charge in [0.1, 0.15) is 12.1 Å². The number of carbonyl (C=O) groups is 5. The lowest BCUT2D eigenvalue weighted by Crippen LogP contribution is -2.70. The predicted octanol–water partition coefficient (Wildman–Crippen LogP) is -3.26. The number of quaternary nitrogens is 1. The van der Waals surface area contributed by atoms with Crippen LogP contribution in [0.25, 0.3) is 0 Å². The lowest BCUT2D eigenvalue weighted by atomic mass is 9.96. The van der Waals surface area contributed by atoms with Crippen LogP contribution in [0.2, 0.25) is 0 Å². The highest BCUT2D eigenvalue weighted by Crippen LogP contribution is 2.22. The predicted molar refractivity (Wildman–Crippen MR) is 120 cm³/mol. The van der Waals surface area contributed by atoms with Crippen LogP contribution >= 0.6 is 0 Å². The summed E-state index contributed by atoms with van der Waals surface area (Å²) in [6.45, 7) is 3.86. The number of nitrogens with zero attached hydrogens (tertiary/aromatic N) is 1. The minimum absolute atomic E-state index is 0.0322. The summed E-state index contributed by atoms with van der Waals surface area (Å²) in [7, 11) is 0. The molecule has 1 aromatic rings. The molecule has 35 heavy (non-hydrogen) atoms. The Kier molecular flexibility index (Phi) is 10.2. The molecule has 1 aliphatic heterocycles. The topological polar surface area (TPSA) is 186 Å². The van der Waals surface area contributed by atoms with Gasteiger partial charge in [0.25, 0.3) is 5.91 Å². The van der Waals surface area contributed by atoms with Crippen molar-refractivity contribution in [2.75, 3.05) is 6.54 Å². The molecule has 2 rings (SSSR count). The van der Waals surface area contributed by atoms with E-state index in [0.29, 0.717) is 24.8 Å². The number of carbonyl (C=O) groups excluding carboxylic acids is 5. The zero-order valence-electron chi connectivity index (χ0n) is 20.0. The van der Waals surface area contributed by atoms with E-state index in [-0.39, 0.29) is 18.9 Å². The van der Waals surface area contributed by atoms with Gasteiger partial charge in [0.05, 0.1) is 12.0 Å². The van der Waals surface area contributed by atoms with Gasteiger partial charge >= 0.3 is 0 Å². The number of aliphatic carboxylic acids is 2. The molecule has 1 fully saturated rings. The first-order valence-corrected chi connectivity index (χ1v) is 11.7. The van der Waals surface area contributed by atoms with Gasteiger partial charge in [-0.15, -0.1) is 0 Å². The van der Waals surface area contributed by atoms with Crippen LogP contribution in [0.15, 0.2) is 30.3 Å². The van der Waals surface area contributed by atoms with Crippen molar-refractivity contribution in [1.29, 1.82) is 0 Å². The Morgan fingerprint density at radius 3 is 2.34 bits per heavy atom. The SMILES string of the molecule is CC[C@H](C)[C@H](NC(=O)[C@@H]([NH3+])CC(=O)[O-])C(=O)N1CCC[C@H]1C(=O)N[C@@H](Cc1ccccc1)C(=O)[O-]. The van der Waals surface area contributed by atoms with Crippen molar-refractivity contribution in [3.05, 3.63) is 35.9 Å². The van der Waals surface area contributed by atoms with Crippen LogP contribution in [0.3, 0.4) is 0 Å². The molecule has 0 bridgehead atoms. The van der Waals surface area contributed by atoms with Gasteiger partial charge in [0, 0.05) is 18.9 Å². The molecule has 0 radical (unpaired) electrons. The van der Waals surface area contributed by atoms with E-state index in [4.69, 9.17) is 0 Å². The molecule has 0 saturated carbocycles. The van der Waals surface area contributed by atoms with Crippen molar-refractivity contribution in [2.24, 2.45) is 5.92 Å². The summed E-state index contributed by atoms with van der Waals surface area (Å²) < 4.78 is 0. The second-order valence-corrected chi connectivity index (χ2v) is 8.90. The van der Waals surface area contributed by atoms with Crippen molar-refractivity contribution in [2.45, 2.75) is 70.1 Å². The molecule has 1 aromatic carbocycles. The lowest BCUT2D eigenvalue weighted by Gasteiger charge is -2.32. The number of hydrogen-bond acceptors (Lipinski definition) is 7. The highest BCUT2D eigenvalue weighted by Gasteiger charge is 2.40. The molecule has 1 aliphatic rings. The zero-order chi connectivity index (χ0) is 26.1. The maximum atomic E-state index is 13.4. The van der Waals surface area contributed by atoms with E-state index in [1.54, 1.807) is 37.3 Å². The Morgan fingerprint density at radius 1 is 1.11 bits per heavy atom. The molecular formula is C24H33N4O7-. The van der Waals surface area contributed by atoms with Gasteiger partial charge in [0.2, 0.25) is 11.8 Å². The third kappa shape index (κ3) is 7.78. The van der Waals surface area contributed by atoms with Crippen LogP contribution in [0.1, 0.15) is 45.1 Å². The molecule has 0 aromatic heterocycles. The fraction of sp³-hybridized carbons (Fsp3) is 0.542. The van der Waals surface area contributed by atoms with Gasteiger partial charge in [-0.1, -0.05) is 50.6 Å². The molecule has 11 heteroatoms. The molecule has 192 valence electrons. The van der Waals surface area contributed by atoms with Crippen LogP contribution in [-0.4, -0.2) is 65.3 Å². The fourth-order valence-corrected chi connectivity index (χ4v) is 4.04. The first kappa shape index (κ1) is 27.8. The van der Waals surface area contributed by atoms with E-state index in [1.165, 1.54) is 4.90 Å². The largest absolute Gasteiger partial charge is 0.550 e. The van der Waals surface area contributed by atoms with Crippen LogP contribution in [0.4, 0.5) is 0 Å². The third-order valence-corrected chi connectivity index (χ3v) is 6.28. The summed E-state index contributed by atoms with van der Waals surface area (Å²) in [5.41, 5.74) is 4.22. The summed E-state index contributed by atoms with van der Waals surface area (Å²) in [6, 6.07) is 4.48. The number of likely N-dealkylation sites (tertiary alicyclic amines) is 1. The van der Waals surface area contributed by atoms with Crippen LogP contribution in [0, 0.1) is 5.92 Å². The van der Waals surface area contributed by atoms with Gasteiger partial charge < -0.3 is 41.1 Å². The molecular weight excluding hydrogens is 456 g/mol. The summed E-state index contributed by atoms with van der Waals surface area (Å²) in [6.07, 6.45) is 0.848. The van der Waals surface area contributed by atoms with Crippen molar-refractivity contribution in [1.82, 2.24) is 15.5 Å². The van der Waals surface area contributed by atoms with Crippen LogP contribution in [0.5, 0.6) is 0 Å². The van der Waals surface area contributed by atoms with E-state index >= 15 is 0 Å². The monoisotopic (exact) mass is 489 g/mol. The lowest BCUT2D eigenvalue weighted by molar-refractivity contribution is -0.408. The average molecular weight is 490 g/mol. The van der Waals surface area contributed by atoms with E-state index < -0.39 is 60.2 Å². The third-order valence-electron chi connectivity index (χ3n) is 6.28. The number of rotatable bonds is 12. The summed E-state index contributed by atoms with van der Waals surface area (Å²) in [4.78, 5) is 62.7. The minimum atomic E-state index is -1.43.